The third-order valence-corrected chi connectivity index (χ3v) is 7.32. The zero-order valence-corrected chi connectivity index (χ0v) is 22.4. The maximum atomic E-state index is 14.1. The van der Waals surface area contributed by atoms with Crippen LogP contribution in [-0.4, -0.2) is 58.5 Å². The number of carbonyl (C=O) groups is 1. The second-order valence-electron chi connectivity index (χ2n) is 9.58. The number of benzene rings is 2. The molecule has 0 aromatic heterocycles. The van der Waals surface area contributed by atoms with Crippen LogP contribution in [0.2, 0.25) is 0 Å². The number of fused-ring (bicyclic) bond motifs is 1. The Morgan fingerprint density at radius 1 is 1.05 bits per heavy atom. The Morgan fingerprint density at radius 2 is 1.77 bits per heavy atom. The number of carbonyl (C=O) groups excluding carboxylic acids is 1. The largest absolute Gasteiger partial charge is 0.416 e. The van der Waals surface area contributed by atoms with Gasteiger partial charge in [-0.15, -0.1) is 0 Å². The van der Waals surface area contributed by atoms with Crippen molar-refractivity contribution >= 4 is 35.0 Å². The molecule has 1 amide bonds. The van der Waals surface area contributed by atoms with E-state index >= 15 is 0 Å². The zero-order chi connectivity index (χ0) is 29.1. The van der Waals surface area contributed by atoms with Gasteiger partial charge in [-0.3, -0.25) is 9.79 Å². The molecule has 4 rings (SSSR count). The topological polar surface area (TPSA) is 85.5 Å². The molecule has 0 radical (unpaired) electrons. The van der Waals surface area contributed by atoms with Gasteiger partial charge in [-0.1, -0.05) is 18.2 Å². The Kier molecular flexibility index (Phi) is 9.11. The number of amidine groups is 1. The number of rotatable bonds is 10. The molecule has 12 heteroatoms. The summed E-state index contributed by atoms with van der Waals surface area (Å²) in [6.45, 7) is 0.701. The van der Waals surface area contributed by atoms with Crippen molar-refractivity contribution in [2.24, 2.45) is 9.98 Å². The third-order valence-electron chi connectivity index (χ3n) is 6.54. The van der Waals surface area contributed by atoms with Gasteiger partial charge in [-0.2, -0.15) is 18.2 Å². The van der Waals surface area contributed by atoms with Crippen LogP contribution in [0.4, 0.5) is 26.7 Å². The molecule has 214 valence electrons. The van der Waals surface area contributed by atoms with E-state index in [1.165, 1.54) is 0 Å². The number of aryl methyl sites for hydroxylation is 1. The van der Waals surface area contributed by atoms with Gasteiger partial charge in [0.15, 0.2) is 0 Å². The fourth-order valence-corrected chi connectivity index (χ4v) is 5.49. The standard InChI is InChI=1S/C28H28F5N3O3S/c1-27(29,30)22-16-20(28(31,32)33)7-6-18(22)3-2-4-21-15-19-13-17(5-8-23(19)34-21)14-24-25(35-26(39)40-24)36(9-11-37)10-12-38/h5-8,13-16,21,37-38H,2-4,9-12H2,1H3/b24-14-. The predicted molar refractivity (Wildman–Crippen MR) is 144 cm³/mol. The highest BCUT2D eigenvalue weighted by molar-refractivity contribution is 8.18. The van der Waals surface area contributed by atoms with Crippen molar-refractivity contribution in [3.63, 3.8) is 0 Å². The maximum absolute atomic E-state index is 14.1. The normalized spacial score (nSPS) is 18.0. The number of thioether (sulfide) groups is 1. The first kappa shape index (κ1) is 29.9. The van der Waals surface area contributed by atoms with Gasteiger partial charge in [0.25, 0.3) is 5.92 Å². The van der Waals surface area contributed by atoms with E-state index in [1.54, 1.807) is 11.0 Å². The van der Waals surface area contributed by atoms with Crippen molar-refractivity contribution < 1.29 is 37.0 Å². The molecular formula is C28H28F5N3O3S. The molecule has 0 saturated carbocycles. The Hall–Kier alpha value is -3.09. The van der Waals surface area contributed by atoms with Crippen molar-refractivity contribution in [1.29, 1.82) is 0 Å². The lowest BCUT2D eigenvalue weighted by atomic mass is 9.95. The second kappa shape index (κ2) is 12.2. The third kappa shape index (κ3) is 7.15. The van der Waals surface area contributed by atoms with Crippen LogP contribution in [0, 0.1) is 0 Å². The minimum atomic E-state index is -4.70. The van der Waals surface area contributed by atoms with Gasteiger partial charge in [0.2, 0.25) is 0 Å². The number of amides is 1. The van der Waals surface area contributed by atoms with Crippen LogP contribution in [0.25, 0.3) is 12.2 Å². The summed E-state index contributed by atoms with van der Waals surface area (Å²) in [6.07, 6.45) is 0.221. The summed E-state index contributed by atoms with van der Waals surface area (Å²) < 4.78 is 67.3. The van der Waals surface area contributed by atoms with E-state index in [9.17, 15) is 37.0 Å². The predicted octanol–water partition coefficient (Wildman–Crippen LogP) is 4.52. The second-order valence-corrected chi connectivity index (χ2v) is 10.6. The van der Waals surface area contributed by atoms with E-state index in [-0.39, 0.29) is 49.6 Å². The highest BCUT2D eigenvalue weighted by atomic mass is 32.2. The molecular weight excluding hydrogens is 553 g/mol. The molecule has 0 aliphatic carbocycles. The summed E-state index contributed by atoms with van der Waals surface area (Å²) in [6, 6.07) is 7.87. The molecule has 2 aliphatic heterocycles. The van der Waals surface area contributed by atoms with E-state index in [0.29, 0.717) is 36.6 Å². The maximum Gasteiger partial charge on any atom is 0.416 e. The average molecular weight is 582 g/mol. The molecule has 2 aromatic carbocycles. The van der Waals surface area contributed by atoms with Crippen LogP contribution in [0.3, 0.4) is 0 Å². The first-order valence-corrected chi connectivity index (χ1v) is 13.5. The summed E-state index contributed by atoms with van der Waals surface area (Å²) in [5.74, 6) is -3.01. The Bertz CT molecular complexity index is 1440. The molecule has 2 N–H and O–H groups in total. The summed E-state index contributed by atoms with van der Waals surface area (Å²) in [5, 5.41) is 19.9. The lowest BCUT2D eigenvalue weighted by Gasteiger charge is -2.22. The number of aliphatic imine (C=N–C) groups is 1. The number of alkyl halides is 5. The molecule has 1 atom stereocenters. The SMILES string of the molecule is CC(F)(F)c1cc(C(F)(F)F)ccc1CCCC1C=c2cc(/C=C3\SC(=O)N=C3N(CCO)CCO)ccc2=N1. The molecule has 0 fully saturated rings. The molecule has 2 aliphatic rings. The Balaban J connectivity index is 1.47. The van der Waals surface area contributed by atoms with Crippen molar-refractivity contribution in [3.05, 3.63) is 74.1 Å². The number of hydrogen-bond acceptors (Lipinski definition) is 6. The van der Waals surface area contributed by atoms with Crippen LogP contribution in [-0.2, 0) is 18.5 Å². The highest BCUT2D eigenvalue weighted by Gasteiger charge is 2.35. The number of hydrogen-bond donors (Lipinski definition) is 2. The van der Waals surface area contributed by atoms with Crippen molar-refractivity contribution in [2.75, 3.05) is 26.3 Å². The number of aliphatic hydroxyl groups is 2. The summed E-state index contributed by atoms with van der Waals surface area (Å²) in [7, 11) is 0. The summed E-state index contributed by atoms with van der Waals surface area (Å²) >= 11 is 0.960. The van der Waals surface area contributed by atoms with Crippen LogP contribution >= 0.6 is 11.8 Å². The molecule has 1 unspecified atom stereocenters. The van der Waals surface area contributed by atoms with Gasteiger partial charge in [-0.25, -0.2) is 8.78 Å². The quantitative estimate of drug-likeness (QED) is 0.404. The van der Waals surface area contributed by atoms with Crippen LogP contribution in [0.1, 0.15) is 42.0 Å². The minimum absolute atomic E-state index is 0.164. The van der Waals surface area contributed by atoms with E-state index < -0.39 is 23.2 Å². The van der Waals surface area contributed by atoms with Crippen molar-refractivity contribution in [1.82, 2.24) is 4.90 Å². The summed E-state index contributed by atoms with van der Waals surface area (Å²) in [4.78, 5) is 22.9. The van der Waals surface area contributed by atoms with Gasteiger partial charge < -0.3 is 15.1 Å². The smallest absolute Gasteiger partial charge is 0.395 e. The zero-order valence-electron chi connectivity index (χ0n) is 21.6. The van der Waals surface area contributed by atoms with Crippen molar-refractivity contribution in [2.45, 2.75) is 44.3 Å². The fraction of sp³-hybridized carbons (Fsp3) is 0.393. The Labute approximate surface area is 231 Å². The average Bonchev–Trinajstić information content (AvgIpc) is 3.44. The number of nitrogens with zero attached hydrogens (tertiary/aromatic N) is 3. The number of aliphatic hydroxyl groups excluding tert-OH is 2. The van der Waals surface area contributed by atoms with E-state index in [0.717, 1.165) is 40.0 Å². The van der Waals surface area contributed by atoms with E-state index in [4.69, 9.17) is 0 Å². The van der Waals surface area contributed by atoms with Gasteiger partial charge >= 0.3 is 11.4 Å². The lowest BCUT2D eigenvalue weighted by Crippen LogP contribution is -2.35. The van der Waals surface area contributed by atoms with Crippen molar-refractivity contribution in [3.8, 4) is 0 Å². The molecule has 40 heavy (non-hydrogen) atoms. The van der Waals surface area contributed by atoms with Gasteiger partial charge in [-0.05, 0) is 77.7 Å². The molecule has 0 spiro atoms. The van der Waals surface area contributed by atoms with E-state index in [2.05, 4.69) is 9.98 Å². The molecule has 0 saturated heterocycles. The minimum Gasteiger partial charge on any atom is -0.395 e. The lowest BCUT2D eigenvalue weighted by molar-refractivity contribution is -0.137. The molecule has 0 bridgehead atoms. The highest BCUT2D eigenvalue weighted by Crippen LogP contribution is 2.37. The van der Waals surface area contributed by atoms with Crippen LogP contribution < -0.4 is 10.6 Å². The Morgan fingerprint density at radius 3 is 2.42 bits per heavy atom. The van der Waals surface area contributed by atoms with E-state index in [1.807, 2.05) is 24.3 Å². The van der Waals surface area contributed by atoms with Crippen LogP contribution in [0.5, 0.6) is 0 Å². The molecule has 2 aromatic rings. The first-order valence-electron chi connectivity index (χ1n) is 12.7. The molecule has 6 nitrogen and oxygen atoms in total. The van der Waals surface area contributed by atoms with Gasteiger partial charge in [0, 0.05) is 25.6 Å². The van der Waals surface area contributed by atoms with Crippen LogP contribution in [0.15, 0.2) is 51.3 Å². The van der Waals surface area contributed by atoms with Gasteiger partial charge in [0.1, 0.15) is 5.84 Å². The molecule has 2 heterocycles. The summed E-state index contributed by atoms with van der Waals surface area (Å²) in [5.41, 5.74) is -0.731. The van der Waals surface area contributed by atoms with Gasteiger partial charge in [0.05, 0.1) is 35.1 Å². The monoisotopic (exact) mass is 581 g/mol. The fourth-order valence-electron chi connectivity index (χ4n) is 4.71. The number of halogens is 5. The first-order chi connectivity index (χ1) is 18.9.